The van der Waals surface area contributed by atoms with Gasteiger partial charge in [0, 0.05) is 14.6 Å². The second-order valence-electron chi connectivity index (χ2n) is 10.4. The molecule has 0 spiro atoms. The van der Waals surface area contributed by atoms with Crippen molar-refractivity contribution in [1.82, 2.24) is 0 Å². The molecule has 3 N–H and O–H groups in total. The summed E-state index contributed by atoms with van der Waals surface area (Å²) in [5.41, 5.74) is -1.04. The van der Waals surface area contributed by atoms with E-state index in [1.165, 1.54) is 0 Å². The minimum atomic E-state index is -2.91. The zero-order chi connectivity index (χ0) is 26.6. The summed E-state index contributed by atoms with van der Waals surface area (Å²) >= 11 is 0. The fourth-order valence-corrected chi connectivity index (χ4v) is 7.76. The summed E-state index contributed by atoms with van der Waals surface area (Å²) in [7, 11) is 0. The van der Waals surface area contributed by atoms with Gasteiger partial charge in [-0.25, -0.2) is 0 Å². The molecule has 4 aliphatic rings. The first-order valence-corrected chi connectivity index (χ1v) is 10.9. The molecule has 160 valence electrons. The van der Waals surface area contributed by atoms with Crippen molar-refractivity contribution in [2.75, 3.05) is 0 Å². The average molecular weight is 400 g/mol. The van der Waals surface area contributed by atoms with Crippen LogP contribution in [0.25, 0.3) is 0 Å². The lowest BCUT2D eigenvalue weighted by atomic mass is 9.43. The van der Waals surface area contributed by atoms with Gasteiger partial charge in [0.25, 0.3) is 0 Å². The Labute approximate surface area is 179 Å². The molecular formula is C24H40O4. The predicted octanol–water partition coefficient (Wildman–Crippen LogP) is 4.48. The van der Waals surface area contributed by atoms with Crippen LogP contribution in [0.15, 0.2) is 0 Å². The number of hydrogen-bond acceptors (Lipinski definition) is 3. The normalized spacial score (nSPS) is 62.1. The summed E-state index contributed by atoms with van der Waals surface area (Å²) in [4.78, 5) is 11.4. The molecule has 28 heavy (non-hydrogen) atoms. The van der Waals surface area contributed by atoms with Crippen LogP contribution in [0.4, 0.5) is 0 Å². The Morgan fingerprint density at radius 1 is 1.21 bits per heavy atom. The third-order valence-corrected chi connectivity index (χ3v) is 9.18. The Morgan fingerprint density at radius 3 is 2.64 bits per heavy atom. The monoisotopic (exact) mass is 399 g/mol. The van der Waals surface area contributed by atoms with E-state index in [0.717, 1.165) is 19.3 Å². The van der Waals surface area contributed by atoms with Crippen molar-refractivity contribution in [2.24, 2.45) is 46.3 Å². The van der Waals surface area contributed by atoms with Crippen LogP contribution in [0.3, 0.4) is 0 Å². The van der Waals surface area contributed by atoms with Gasteiger partial charge < -0.3 is 15.3 Å². The van der Waals surface area contributed by atoms with Crippen LogP contribution in [0.5, 0.6) is 0 Å². The fraction of sp³-hybridized carbons (Fsp3) is 0.958. The average Bonchev–Trinajstić information content (AvgIpc) is 3.05. The Kier molecular flexibility index (Phi) is 3.54. The molecule has 0 amide bonds. The summed E-state index contributed by atoms with van der Waals surface area (Å²) in [6, 6.07) is 0. The molecule has 0 aromatic heterocycles. The van der Waals surface area contributed by atoms with E-state index in [-0.39, 0.29) is 54.3 Å². The largest absolute Gasteiger partial charge is 0.481 e. The number of carboxylic acids is 1. The summed E-state index contributed by atoms with van der Waals surface area (Å²) < 4.78 is 58.1. The van der Waals surface area contributed by atoms with Gasteiger partial charge in [0.15, 0.2) is 0 Å². The lowest BCUT2D eigenvalue weighted by Crippen LogP contribution is -2.58. The molecule has 0 heterocycles. The SMILES string of the molecule is [2H]C([2H])(C[C@@H](C)[C@H]1CC[C@H]2[C@@H]3[C@H](O)C[C@@H]4C([2H])([2H])[C@]([2H])(O)C([2H])([2H])C[C@]4(C)[C@H]3CC[C@]12C)C(=O)O. The van der Waals surface area contributed by atoms with Crippen molar-refractivity contribution in [2.45, 2.75) is 97.0 Å². The molecule has 10 atom stereocenters. The third kappa shape index (κ3) is 3.14. The number of hydrogen-bond donors (Lipinski definition) is 3. The van der Waals surface area contributed by atoms with E-state index in [1.807, 2.05) is 13.8 Å². The molecule has 4 fully saturated rings. The maximum absolute atomic E-state index is 11.4. The number of carbonyl (C=O) groups is 1. The highest BCUT2D eigenvalue weighted by molar-refractivity contribution is 5.66. The Bertz CT molecular complexity index is 880. The van der Waals surface area contributed by atoms with Crippen LogP contribution < -0.4 is 0 Å². The molecular weight excluding hydrogens is 352 g/mol. The van der Waals surface area contributed by atoms with E-state index in [1.54, 1.807) is 0 Å². The third-order valence-electron chi connectivity index (χ3n) is 9.18. The second-order valence-corrected chi connectivity index (χ2v) is 10.4. The van der Waals surface area contributed by atoms with Gasteiger partial charge in [0.2, 0.25) is 0 Å². The zero-order valence-electron chi connectivity index (χ0n) is 24.2. The van der Waals surface area contributed by atoms with Gasteiger partial charge in [-0.3, -0.25) is 4.79 Å². The van der Waals surface area contributed by atoms with Gasteiger partial charge >= 0.3 is 5.97 Å². The van der Waals surface area contributed by atoms with Crippen molar-refractivity contribution >= 4 is 5.97 Å². The van der Waals surface area contributed by atoms with Crippen molar-refractivity contribution in [1.29, 1.82) is 0 Å². The number of aliphatic hydroxyl groups excluding tert-OH is 1. The molecule has 0 bridgehead atoms. The van der Waals surface area contributed by atoms with Crippen LogP contribution in [0, 0.1) is 46.3 Å². The van der Waals surface area contributed by atoms with Crippen LogP contribution in [-0.2, 0) is 4.79 Å². The number of aliphatic carboxylic acids is 1. The summed E-state index contributed by atoms with van der Waals surface area (Å²) in [5, 5.41) is 31.3. The number of aliphatic hydroxyl groups is 2. The molecule has 4 nitrogen and oxygen atoms in total. The Morgan fingerprint density at radius 2 is 1.93 bits per heavy atom. The molecule has 0 aromatic rings. The van der Waals surface area contributed by atoms with Crippen LogP contribution in [-0.4, -0.2) is 33.5 Å². The molecule has 4 saturated carbocycles. The number of carboxylic acid groups (broad SMARTS) is 1. The van der Waals surface area contributed by atoms with Gasteiger partial charge in [0.05, 0.1) is 13.6 Å². The molecule has 4 aliphatic carbocycles. The highest BCUT2D eigenvalue weighted by atomic mass is 16.4. The fourth-order valence-electron chi connectivity index (χ4n) is 7.76. The topological polar surface area (TPSA) is 77.8 Å². The van der Waals surface area contributed by atoms with E-state index in [2.05, 4.69) is 6.92 Å². The standard InChI is InChI=1S/C24H40O4/c1-14(4-7-21(27)28)17-5-6-18-22-19(9-11-24(17,18)3)23(2)10-8-16(25)12-15(23)13-20(22)26/h14-20,22,25-26H,4-13H2,1-3H3,(H,27,28)/t14-,15+,16-,17-,18+,19+,20-,22+,23+,24-/m1/s1/i7D2,8D2,12D2,16D. The van der Waals surface area contributed by atoms with Crippen LogP contribution >= 0.6 is 0 Å². The predicted molar refractivity (Wildman–Crippen MR) is 109 cm³/mol. The molecule has 0 aliphatic heterocycles. The molecule has 0 unspecified atom stereocenters. The maximum atomic E-state index is 11.4. The minimum Gasteiger partial charge on any atom is -0.481 e. The van der Waals surface area contributed by atoms with Crippen molar-refractivity contribution in [3.63, 3.8) is 0 Å². The van der Waals surface area contributed by atoms with Gasteiger partial charge in [-0.1, -0.05) is 20.8 Å². The van der Waals surface area contributed by atoms with Gasteiger partial charge in [-0.05, 0) is 104 Å². The van der Waals surface area contributed by atoms with E-state index >= 15 is 0 Å². The first-order valence-electron chi connectivity index (χ1n) is 14.4. The first-order chi connectivity index (χ1) is 15.7. The summed E-state index contributed by atoms with van der Waals surface area (Å²) in [6.07, 6.45) is -8.13. The quantitative estimate of drug-likeness (QED) is 0.651. The first kappa shape index (κ1) is 13.6. The minimum absolute atomic E-state index is 0.0658. The van der Waals surface area contributed by atoms with Crippen LogP contribution in [0.2, 0.25) is 0 Å². The van der Waals surface area contributed by atoms with Crippen molar-refractivity contribution in [3.8, 4) is 0 Å². The lowest BCUT2D eigenvalue weighted by molar-refractivity contribution is -0.174. The summed E-state index contributed by atoms with van der Waals surface area (Å²) in [5.74, 6) is -2.60. The molecule has 0 radical (unpaired) electrons. The Balaban J connectivity index is 1.66. The smallest absolute Gasteiger partial charge is 0.303 e. The molecule has 4 heteroatoms. The van der Waals surface area contributed by atoms with E-state index < -0.39 is 48.6 Å². The number of fused-ring (bicyclic) bond motifs is 5. The van der Waals surface area contributed by atoms with Gasteiger partial charge in [0.1, 0.15) is 0 Å². The Hall–Kier alpha value is -0.610. The van der Waals surface area contributed by atoms with Gasteiger partial charge in [-0.2, -0.15) is 0 Å². The van der Waals surface area contributed by atoms with Crippen molar-refractivity contribution in [3.05, 3.63) is 0 Å². The molecule has 4 rings (SSSR count). The van der Waals surface area contributed by atoms with E-state index in [0.29, 0.717) is 6.42 Å². The molecule has 0 saturated heterocycles. The van der Waals surface area contributed by atoms with Crippen molar-refractivity contribution < 1.29 is 29.7 Å². The van der Waals surface area contributed by atoms with E-state index in [9.17, 15) is 20.1 Å². The van der Waals surface area contributed by atoms with Crippen LogP contribution in [0.1, 0.15) is 94.4 Å². The highest BCUT2D eigenvalue weighted by Crippen LogP contribution is 2.68. The summed E-state index contributed by atoms with van der Waals surface area (Å²) in [6.45, 7) is 5.96. The molecule has 0 aromatic carbocycles. The maximum Gasteiger partial charge on any atom is 0.303 e. The lowest BCUT2D eigenvalue weighted by Gasteiger charge is -2.62. The second kappa shape index (κ2) is 7.27. The van der Waals surface area contributed by atoms with Gasteiger partial charge in [-0.15, -0.1) is 0 Å². The highest BCUT2D eigenvalue weighted by Gasteiger charge is 2.62. The number of rotatable bonds is 4. The zero-order valence-corrected chi connectivity index (χ0v) is 17.2. The van der Waals surface area contributed by atoms with E-state index in [4.69, 9.17) is 9.60 Å².